The number of nitrogens with two attached hydrogens (primary N) is 2. The number of carbonyl (C=O) groups is 2. The average molecular weight is 335 g/mol. The van der Waals surface area contributed by atoms with Crippen molar-refractivity contribution in [1.29, 1.82) is 0 Å². The summed E-state index contributed by atoms with van der Waals surface area (Å²) in [4.78, 5) is 23.8. The van der Waals surface area contributed by atoms with Gasteiger partial charge in [0.2, 0.25) is 5.60 Å². The lowest BCUT2D eigenvalue weighted by Gasteiger charge is -2.34. The van der Waals surface area contributed by atoms with Crippen LogP contribution in [-0.2, 0) is 19.6 Å². The summed E-state index contributed by atoms with van der Waals surface area (Å²) >= 11 is 11.7. The molecule has 0 aliphatic heterocycles. The average Bonchev–Trinajstić information content (AvgIpc) is 2.27. The molecule has 0 radical (unpaired) electrons. The zero-order chi connectivity index (χ0) is 15.7. The third-order valence-corrected chi connectivity index (χ3v) is 4.14. The van der Waals surface area contributed by atoms with Crippen molar-refractivity contribution in [1.82, 2.24) is 0 Å². The van der Waals surface area contributed by atoms with Gasteiger partial charge in [0.25, 0.3) is 11.8 Å². The Bertz CT molecular complexity index is 544. The predicted molar refractivity (Wildman–Crippen MR) is 81.0 cm³/mol. The van der Waals surface area contributed by atoms with Crippen molar-refractivity contribution in [3.63, 3.8) is 0 Å². The molecule has 20 heavy (non-hydrogen) atoms. The molecular weight excluding hydrogens is 319 g/mol. The first-order chi connectivity index (χ1) is 9.00. The Hall–Kier alpha value is -1.08. The number of amides is 2. The van der Waals surface area contributed by atoms with Gasteiger partial charge in [-0.1, -0.05) is 29.3 Å². The number of primary amides is 2. The van der Waals surface area contributed by atoms with Crippen LogP contribution in [0.5, 0.6) is 0 Å². The van der Waals surface area contributed by atoms with E-state index in [-0.39, 0.29) is 15.6 Å². The van der Waals surface area contributed by atoms with Gasteiger partial charge in [-0.3, -0.25) is 9.59 Å². The molecule has 8 heteroatoms. The van der Waals surface area contributed by atoms with Gasteiger partial charge < -0.3 is 15.9 Å². The lowest BCUT2D eigenvalue weighted by atomic mass is 9.92. The molecule has 0 spiro atoms. The van der Waals surface area contributed by atoms with Crippen LogP contribution in [0.3, 0.4) is 0 Å². The van der Waals surface area contributed by atoms with Gasteiger partial charge in [-0.2, -0.15) is 0 Å². The van der Waals surface area contributed by atoms with Gasteiger partial charge in [0.1, 0.15) is 0 Å². The summed E-state index contributed by atoms with van der Waals surface area (Å²) < 4.78 is 5.72. The van der Waals surface area contributed by atoms with Crippen molar-refractivity contribution in [3.05, 3.63) is 33.8 Å². The van der Waals surface area contributed by atoms with Gasteiger partial charge in [0.05, 0.1) is 10.0 Å². The summed E-state index contributed by atoms with van der Waals surface area (Å²) in [5, 5.41) is 0.460. The summed E-state index contributed by atoms with van der Waals surface area (Å²) in [6.45, 7) is 5.43. The second-order valence-corrected chi connectivity index (χ2v) is 10.5. The fraction of sp³-hybridized carbons (Fsp3) is 0.333. The highest BCUT2D eigenvalue weighted by molar-refractivity contribution is 6.70. The molecule has 110 valence electrons. The number of carbonyl (C=O) groups excluding carboxylic acids is 2. The van der Waals surface area contributed by atoms with Crippen molar-refractivity contribution in [2.24, 2.45) is 11.5 Å². The van der Waals surface area contributed by atoms with Crippen LogP contribution >= 0.6 is 23.2 Å². The molecule has 0 heterocycles. The summed E-state index contributed by atoms with van der Waals surface area (Å²) in [7, 11) is -2.31. The highest BCUT2D eigenvalue weighted by Crippen LogP contribution is 2.33. The first-order valence-corrected chi connectivity index (χ1v) is 9.92. The molecule has 1 rings (SSSR count). The van der Waals surface area contributed by atoms with Crippen LogP contribution in [0.1, 0.15) is 5.56 Å². The lowest BCUT2D eigenvalue weighted by Crippen LogP contribution is -2.57. The lowest BCUT2D eigenvalue weighted by molar-refractivity contribution is -0.148. The molecule has 4 N–H and O–H groups in total. The van der Waals surface area contributed by atoms with E-state index in [0.717, 1.165) is 0 Å². The first kappa shape index (κ1) is 17.0. The van der Waals surface area contributed by atoms with Crippen molar-refractivity contribution in [3.8, 4) is 0 Å². The van der Waals surface area contributed by atoms with E-state index in [4.69, 9.17) is 39.1 Å². The Kier molecular flexibility index (Phi) is 4.86. The van der Waals surface area contributed by atoms with Crippen molar-refractivity contribution in [2.45, 2.75) is 25.2 Å². The minimum absolute atomic E-state index is 0.175. The van der Waals surface area contributed by atoms with E-state index < -0.39 is 25.7 Å². The smallest absolute Gasteiger partial charge is 0.263 e. The van der Waals surface area contributed by atoms with Crippen LogP contribution < -0.4 is 11.5 Å². The summed E-state index contributed by atoms with van der Waals surface area (Å²) in [5.74, 6) is -1.96. The molecule has 2 amide bonds. The van der Waals surface area contributed by atoms with Crippen molar-refractivity contribution < 1.29 is 14.0 Å². The minimum atomic E-state index is -2.31. The van der Waals surface area contributed by atoms with Crippen LogP contribution in [0.2, 0.25) is 29.7 Å². The SMILES string of the molecule is C[Si](C)(C)OC(C(N)=O)(C(N)=O)c1ccc(Cl)c(Cl)c1. The molecule has 0 saturated heterocycles. The Labute approximate surface area is 128 Å². The monoisotopic (exact) mass is 334 g/mol. The maximum absolute atomic E-state index is 11.9. The van der Waals surface area contributed by atoms with E-state index in [0.29, 0.717) is 0 Å². The molecule has 0 aliphatic carbocycles. The zero-order valence-electron chi connectivity index (χ0n) is 11.4. The molecule has 0 aliphatic rings. The summed E-state index contributed by atoms with van der Waals surface area (Å²) in [6, 6.07) is 4.26. The second kappa shape index (κ2) is 5.73. The minimum Gasteiger partial charge on any atom is -0.393 e. The van der Waals surface area contributed by atoms with Crippen molar-refractivity contribution >= 4 is 43.3 Å². The Balaban J connectivity index is 3.54. The molecule has 0 aromatic heterocycles. The van der Waals surface area contributed by atoms with Crippen LogP contribution in [-0.4, -0.2) is 20.1 Å². The molecule has 0 saturated carbocycles. The predicted octanol–water partition coefficient (Wildman–Crippen LogP) is 2.01. The quantitative estimate of drug-likeness (QED) is 0.636. The Morgan fingerprint density at radius 3 is 1.95 bits per heavy atom. The molecule has 5 nitrogen and oxygen atoms in total. The fourth-order valence-electron chi connectivity index (χ4n) is 1.74. The van der Waals surface area contributed by atoms with E-state index in [1.807, 2.05) is 19.6 Å². The van der Waals surface area contributed by atoms with E-state index in [2.05, 4.69) is 0 Å². The van der Waals surface area contributed by atoms with Crippen LogP contribution in [0.4, 0.5) is 0 Å². The van der Waals surface area contributed by atoms with Gasteiger partial charge in [-0.25, -0.2) is 0 Å². The van der Waals surface area contributed by atoms with Crippen molar-refractivity contribution in [2.75, 3.05) is 0 Å². The largest absolute Gasteiger partial charge is 0.393 e. The Morgan fingerprint density at radius 1 is 1.10 bits per heavy atom. The van der Waals surface area contributed by atoms with Crippen LogP contribution in [0, 0.1) is 0 Å². The standard InChI is InChI=1S/C12H16Cl2N2O3Si/c1-20(2,3)19-12(10(15)17,11(16)18)7-4-5-8(13)9(14)6-7/h4-6H,1-3H3,(H2,15,17)(H2,16,18). The van der Waals surface area contributed by atoms with Crippen LogP contribution in [0.15, 0.2) is 18.2 Å². The number of hydrogen-bond acceptors (Lipinski definition) is 3. The van der Waals surface area contributed by atoms with E-state index >= 15 is 0 Å². The van der Waals surface area contributed by atoms with Gasteiger partial charge in [-0.15, -0.1) is 0 Å². The fourth-order valence-corrected chi connectivity index (χ4v) is 3.28. The third-order valence-electron chi connectivity index (χ3n) is 2.48. The Morgan fingerprint density at radius 2 is 1.60 bits per heavy atom. The number of rotatable bonds is 5. The highest BCUT2D eigenvalue weighted by Gasteiger charge is 2.49. The van der Waals surface area contributed by atoms with Crippen LogP contribution in [0.25, 0.3) is 0 Å². The highest BCUT2D eigenvalue weighted by atomic mass is 35.5. The number of hydrogen-bond donors (Lipinski definition) is 2. The van der Waals surface area contributed by atoms with E-state index in [9.17, 15) is 9.59 Å². The second-order valence-electron chi connectivity index (χ2n) is 5.25. The topological polar surface area (TPSA) is 95.4 Å². The van der Waals surface area contributed by atoms with Gasteiger partial charge in [0, 0.05) is 5.56 Å². The normalized spacial score (nSPS) is 12.2. The molecule has 0 fully saturated rings. The number of benzene rings is 1. The van der Waals surface area contributed by atoms with E-state index in [1.54, 1.807) is 0 Å². The maximum Gasteiger partial charge on any atom is 0.263 e. The zero-order valence-corrected chi connectivity index (χ0v) is 13.9. The van der Waals surface area contributed by atoms with Gasteiger partial charge in [0.15, 0.2) is 8.32 Å². The molecule has 1 aromatic carbocycles. The summed E-state index contributed by atoms with van der Waals surface area (Å²) in [5.41, 5.74) is 8.90. The third kappa shape index (κ3) is 3.32. The van der Waals surface area contributed by atoms with Gasteiger partial charge in [-0.05, 0) is 31.8 Å². The molecule has 0 atom stereocenters. The first-order valence-electron chi connectivity index (χ1n) is 5.76. The summed E-state index contributed by atoms with van der Waals surface area (Å²) in [6.07, 6.45) is 0. The number of halogens is 2. The molecule has 0 unspecified atom stereocenters. The maximum atomic E-state index is 11.9. The van der Waals surface area contributed by atoms with E-state index in [1.165, 1.54) is 18.2 Å². The molecular formula is C12H16Cl2N2O3Si. The molecule has 1 aromatic rings. The van der Waals surface area contributed by atoms with Gasteiger partial charge >= 0.3 is 0 Å². The molecule has 0 bridgehead atoms.